The zero-order valence-corrected chi connectivity index (χ0v) is 11.1. The third-order valence-corrected chi connectivity index (χ3v) is 3.18. The van der Waals surface area contributed by atoms with E-state index >= 15 is 0 Å². The highest BCUT2D eigenvalue weighted by Gasteiger charge is 2.12. The Kier molecular flexibility index (Phi) is 5.20. The highest BCUT2D eigenvalue weighted by molar-refractivity contribution is 5.46. The van der Waals surface area contributed by atoms with Crippen LogP contribution in [-0.4, -0.2) is 35.6 Å². The van der Waals surface area contributed by atoms with E-state index in [4.69, 9.17) is 0 Å². The van der Waals surface area contributed by atoms with E-state index in [2.05, 4.69) is 32.8 Å². The second-order valence-corrected chi connectivity index (χ2v) is 4.72. The van der Waals surface area contributed by atoms with Crippen molar-refractivity contribution in [2.45, 2.75) is 38.6 Å². The first kappa shape index (κ1) is 13.1. The predicted molar refractivity (Wildman–Crippen MR) is 74.9 cm³/mol. The molecule has 3 N–H and O–H groups in total. The standard InChI is InChI=1S/C13H23N5/c1-2-6-15-12-9-13(18-10-17-12)16-8-5-11-4-3-7-14-11/h9-11,14H,2-8H2,1H3,(H2,15,16,17,18). The van der Waals surface area contributed by atoms with Crippen molar-refractivity contribution in [1.29, 1.82) is 0 Å². The molecule has 5 heteroatoms. The van der Waals surface area contributed by atoms with Gasteiger partial charge < -0.3 is 16.0 Å². The molecule has 5 nitrogen and oxygen atoms in total. The monoisotopic (exact) mass is 249 g/mol. The van der Waals surface area contributed by atoms with Crippen LogP contribution in [0.2, 0.25) is 0 Å². The van der Waals surface area contributed by atoms with E-state index in [-0.39, 0.29) is 0 Å². The topological polar surface area (TPSA) is 61.9 Å². The van der Waals surface area contributed by atoms with E-state index in [0.717, 1.165) is 37.6 Å². The fourth-order valence-corrected chi connectivity index (χ4v) is 2.18. The van der Waals surface area contributed by atoms with E-state index in [1.54, 1.807) is 6.33 Å². The molecule has 2 heterocycles. The van der Waals surface area contributed by atoms with Crippen molar-refractivity contribution in [3.05, 3.63) is 12.4 Å². The van der Waals surface area contributed by atoms with Crippen LogP contribution in [0.3, 0.4) is 0 Å². The highest BCUT2D eigenvalue weighted by atomic mass is 15.1. The number of hydrogen-bond donors (Lipinski definition) is 3. The first-order valence-corrected chi connectivity index (χ1v) is 6.91. The molecule has 0 aliphatic carbocycles. The lowest BCUT2D eigenvalue weighted by molar-refractivity contribution is 0.574. The summed E-state index contributed by atoms with van der Waals surface area (Å²) in [5, 5.41) is 10.1. The summed E-state index contributed by atoms with van der Waals surface area (Å²) in [5.74, 6) is 1.80. The zero-order chi connectivity index (χ0) is 12.6. The normalized spacial score (nSPS) is 18.8. The van der Waals surface area contributed by atoms with Crippen molar-refractivity contribution < 1.29 is 0 Å². The first-order valence-electron chi connectivity index (χ1n) is 6.91. The van der Waals surface area contributed by atoms with E-state index in [9.17, 15) is 0 Å². The third kappa shape index (κ3) is 4.14. The van der Waals surface area contributed by atoms with Gasteiger partial charge in [0.25, 0.3) is 0 Å². The van der Waals surface area contributed by atoms with E-state index < -0.39 is 0 Å². The van der Waals surface area contributed by atoms with Crippen LogP contribution in [0.4, 0.5) is 11.6 Å². The van der Waals surface area contributed by atoms with Gasteiger partial charge in [0, 0.05) is 25.2 Å². The van der Waals surface area contributed by atoms with Crippen molar-refractivity contribution in [3.63, 3.8) is 0 Å². The first-order chi connectivity index (χ1) is 8.88. The molecule has 1 unspecified atom stereocenters. The molecule has 1 aromatic rings. The molecule has 1 aliphatic rings. The molecule has 1 aromatic heterocycles. The second kappa shape index (κ2) is 7.16. The maximum atomic E-state index is 4.23. The third-order valence-electron chi connectivity index (χ3n) is 3.18. The molecule has 0 radical (unpaired) electrons. The molecular formula is C13H23N5. The SMILES string of the molecule is CCCNc1cc(NCCC2CCCN2)ncn1. The van der Waals surface area contributed by atoms with Gasteiger partial charge in [-0.25, -0.2) is 9.97 Å². The van der Waals surface area contributed by atoms with Crippen molar-refractivity contribution in [1.82, 2.24) is 15.3 Å². The lowest BCUT2D eigenvalue weighted by atomic mass is 10.1. The maximum absolute atomic E-state index is 4.23. The molecule has 2 rings (SSSR count). The summed E-state index contributed by atoms with van der Waals surface area (Å²) in [6.45, 7) is 5.22. The summed E-state index contributed by atoms with van der Waals surface area (Å²) in [6.07, 6.45) is 6.47. The van der Waals surface area contributed by atoms with Crippen molar-refractivity contribution >= 4 is 11.6 Å². The molecule has 100 valence electrons. The summed E-state index contributed by atoms with van der Waals surface area (Å²) in [7, 11) is 0. The van der Waals surface area contributed by atoms with Gasteiger partial charge >= 0.3 is 0 Å². The Morgan fingerprint density at radius 1 is 1.28 bits per heavy atom. The van der Waals surface area contributed by atoms with Crippen molar-refractivity contribution in [3.8, 4) is 0 Å². The smallest absolute Gasteiger partial charge is 0.131 e. The minimum absolute atomic E-state index is 0.678. The Labute approximate surface area is 109 Å². The summed E-state index contributed by atoms with van der Waals surface area (Å²) in [4.78, 5) is 8.42. The molecule has 1 saturated heterocycles. The zero-order valence-electron chi connectivity index (χ0n) is 11.1. The van der Waals surface area contributed by atoms with E-state index in [1.807, 2.05) is 6.07 Å². The van der Waals surface area contributed by atoms with Gasteiger partial charge in [-0.3, -0.25) is 0 Å². The number of nitrogens with one attached hydrogen (secondary N) is 3. The van der Waals surface area contributed by atoms with Gasteiger partial charge in [-0.2, -0.15) is 0 Å². The highest BCUT2D eigenvalue weighted by Crippen LogP contribution is 2.11. The minimum Gasteiger partial charge on any atom is -0.370 e. The Bertz CT molecular complexity index is 349. The number of nitrogens with zero attached hydrogens (tertiary/aromatic N) is 2. The molecular weight excluding hydrogens is 226 g/mol. The van der Waals surface area contributed by atoms with Crippen LogP contribution < -0.4 is 16.0 Å². The number of hydrogen-bond acceptors (Lipinski definition) is 5. The fourth-order valence-electron chi connectivity index (χ4n) is 2.18. The van der Waals surface area contributed by atoms with Gasteiger partial charge in [0.15, 0.2) is 0 Å². The molecule has 0 amide bonds. The minimum atomic E-state index is 0.678. The summed E-state index contributed by atoms with van der Waals surface area (Å²) >= 11 is 0. The van der Waals surface area contributed by atoms with Crippen LogP contribution in [0.25, 0.3) is 0 Å². The average molecular weight is 249 g/mol. The Balaban J connectivity index is 1.74. The maximum Gasteiger partial charge on any atom is 0.131 e. The van der Waals surface area contributed by atoms with Gasteiger partial charge in [0.1, 0.15) is 18.0 Å². The molecule has 18 heavy (non-hydrogen) atoms. The molecule has 0 bridgehead atoms. The Hall–Kier alpha value is -1.36. The van der Waals surface area contributed by atoms with Gasteiger partial charge in [-0.15, -0.1) is 0 Å². The Morgan fingerprint density at radius 2 is 2.06 bits per heavy atom. The number of rotatable bonds is 7. The quantitative estimate of drug-likeness (QED) is 0.688. The second-order valence-electron chi connectivity index (χ2n) is 4.72. The summed E-state index contributed by atoms with van der Waals surface area (Å²) in [6, 6.07) is 2.65. The van der Waals surface area contributed by atoms with Gasteiger partial charge in [-0.1, -0.05) is 6.92 Å². The lowest BCUT2D eigenvalue weighted by Gasteiger charge is -2.11. The predicted octanol–water partition coefficient (Wildman–Crippen LogP) is 1.85. The number of anilines is 2. The molecule has 1 atom stereocenters. The van der Waals surface area contributed by atoms with Gasteiger partial charge in [0.2, 0.25) is 0 Å². The van der Waals surface area contributed by atoms with Crippen LogP contribution in [-0.2, 0) is 0 Å². The molecule has 0 spiro atoms. The van der Waals surface area contributed by atoms with Crippen LogP contribution in [0, 0.1) is 0 Å². The van der Waals surface area contributed by atoms with Crippen LogP contribution in [0.1, 0.15) is 32.6 Å². The van der Waals surface area contributed by atoms with E-state index in [0.29, 0.717) is 6.04 Å². The molecule has 0 saturated carbocycles. The molecule has 0 aromatic carbocycles. The largest absolute Gasteiger partial charge is 0.370 e. The van der Waals surface area contributed by atoms with Crippen LogP contribution in [0.5, 0.6) is 0 Å². The molecule has 1 aliphatic heterocycles. The van der Waals surface area contributed by atoms with Crippen molar-refractivity contribution in [2.24, 2.45) is 0 Å². The van der Waals surface area contributed by atoms with Gasteiger partial charge in [0.05, 0.1) is 0 Å². The lowest BCUT2D eigenvalue weighted by Crippen LogP contribution is -2.24. The van der Waals surface area contributed by atoms with Crippen LogP contribution >= 0.6 is 0 Å². The fraction of sp³-hybridized carbons (Fsp3) is 0.692. The number of aromatic nitrogens is 2. The summed E-state index contributed by atoms with van der Waals surface area (Å²) < 4.78 is 0. The van der Waals surface area contributed by atoms with Crippen molar-refractivity contribution in [2.75, 3.05) is 30.3 Å². The molecule has 1 fully saturated rings. The van der Waals surface area contributed by atoms with Gasteiger partial charge in [-0.05, 0) is 32.2 Å². The average Bonchev–Trinajstić information content (AvgIpc) is 2.90. The van der Waals surface area contributed by atoms with Crippen LogP contribution in [0.15, 0.2) is 12.4 Å². The Morgan fingerprint density at radius 3 is 2.72 bits per heavy atom. The summed E-state index contributed by atoms with van der Waals surface area (Å²) in [5.41, 5.74) is 0. The van der Waals surface area contributed by atoms with E-state index in [1.165, 1.54) is 19.4 Å².